The van der Waals surface area contributed by atoms with Crippen LogP contribution in [0.25, 0.3) is 5.65 Å². The van der Waals surface area contributed by atoms with Gasteiger partial charge in [0, 0.05) is 37.4 Å². The average Bonchev–Trinajstić information content (AvgIpc) is 2.80. The first-order valence-electron chi connectivity index (χ1n) is 9.09. The van der Waals surface area contributed by atoms with Gasteiger partial charge >= 0.3 is 0 Å². The molecule has 4 rings (SSSR count). The Kier molecular flexibility index (Phi) is 4.49. The summed E-state index contributed by atoms with van der Waals surface area (Å²) < 4.78 is 28.9. The number of amides is 1. The summed E-state index contributed by atoms with van der Waals surface area (Å²) in [6, 6.07) is 3.53. The first-order valence-corrected chi connectivity index (χ1v) is 9.88. The number of likely N-dealkylation sites (tertiary alicyclic amines) is 1. The van der Waals surface area contributed by atoms with Crippen molar-refractivity contribution >= 4 is 27.5 Å². The molecule has 0 aromatic carbocycles. The SMILES string of the molecule is C[C@@H]1CCCCCN1C(=O)c1cc(C2CC(F)(F)C2)n2nc(Br)cc2n1. The van der Waals surface area contributed by atoms with Gasteiger partial charge in [-0.1, -0.05) is 12.8 Å². The number of nitrogens with zero attached hydrogens (tertiary/aromatic N) is 4. The largest absolute Gasteiger partial charge is 0.335 e. The second kappa shape index (κ2) is 6.55. The second-order valence-corrected chi connectivity index (χ2v) is 8.27. The zero-order valence-corrected chi connectivity index (χ0v) is 16.2. The Labute approximate surface area is 158 Å². The maximum atomic E-state index is 13.4. The van der Waals surface area contributed by atoms with E-state index < -0.39 is 5.92 Å². The van der Waals surface area contributed by atoms with E-state index in [-0.39, 0.29) is 30.7 Å². The van der Waals surface area contributed by atoms with E-state index in [1.807, 2.05) is 4.90 Å². The zero-order chi connectivity index (χ0) is 18.5. The van der Waals surface area contributed by atoms with Crippen molar-refractivity contribution in [1.82, 2.24) is 19.5 Å². The molecule has 2 fully saturated rings. The number of aromatic nitrogens is 3. The lowest BCUT2D eigenvalue weighted by Crippen LogP contribution is -2.39. The number of halogens is 3. The molecule has 140 valence electrons. The third-order valence-corrected chi connectivity index (χ3v) is 5.85. The highest BCUT2D eigenvalue weighted by atomic mass is 79.9. The van der Waals surface area contributed by atoms with Crippen molar-refractivity contribution in [2.24, 2.45) is 0 Å². The molecule has 3 heterocycles. The molecular weight excluding hydrogens is 406 g/mol. The molecule has 8 heteroatoms. The summed E-state index contributed by atoms with van der Waals surface area (Å²) in [4.78, 5) is 19.4. The molecule has 1 amide bonds. The van der Waals surface area contributed by atoms with Gasteiger partial charge in [-0.15, -0.1) is 0 Å². The van der Waals surface area contributed by atoms with E-state index in [9.17, 15) is 13.6 Å². The Bertz CT molecular complexity index is 845. The fraction of sp³-hybridized carbons (Fsp3) is 0.611. The van der Waals surface area contributed by atoms with Crippen LogP contribution in [-0.2, 0) is 0 Å². The minimum Gasteiger partial charge on any atom is -0.335 e. The minimum absolute atomic E-state index is 0.119. The lowest BCUT2D eigenvalue weighted by Gasteiger charge is -2.35. The standard InChI is InChI=1S/C18H21BrF2N4O/c1-11-5-3-2-4-6-24(11)17(26)13-7-14(12-9-18(20,21)10-12)25-16(22-13)8-15(19)23-25/h7-8,11-12H,2-6,9-10H2,1H3/t11-/m1/s1. The monoisotopic (exact) mass is 426 g/mol. The van der Waals surface area contributed by atoms with Crippen LogP contribution in [-0.4, -0.2) is 43.9 Å². The van der Waals surface area contributed by atoms with Gasteiger partial charge < -0.3 is 4.90 Å². The highest BCUT2D eigenvalue weighted by Crippen LogP contribution is 2.48. The molecule has 1 saturated heterocycles. The van der Waals surface area contributed by atoms with Gasteiger partial charge in [0.1, 0.15) is 10.3 Å². The Morgan fingerprint density at radius 2 is 2.04 bits per heavy atom. The number of alkyl halides is 2. The van der Waals surface area contributed by atoms with Gasteiger partial charge in [0.15, 0.2) is 5.65 Å². The molecule has 2 aliphatic rings. The molecule has 0 bridgehead atoms. The predicted molar refractivity (Wildman–Crippen MR) is 96.6 cm³/mol. The van der Waals surface area contributed by atoms with Crippen molar-refractivity contribution in [1.29, 1.82) is 0 Å². The molecule has 0 spiro atoms. The Morgan fingerprint density at radius 3 is 2.77 bits per heavy atom. The fourth-order valence-electron chi connectivity index (χ4n) is 3.96. The number of carbonyl (C=O) groups excluding carboxylic acids is 1. The zero-order valence-electron chi connectivity index (χ0n) is 14.6. The summed E-state index contributed by atoms with van der Waals surface area (Å²) in [5.74, 6) is -3.06. The summed E-state index contributed by atoms with van der Waals surface area (Å²) in [6.07, 6.45) is 3.79. The van der Waals surface area contributed by atoms with Crippen LogP contribution >= 0.6 is 15.9 Å². The molecule has 0 radical (unpaired) electrons. The van der Waals surface area contributed by atoms with Crippen molar-refractivity contribution in [2.45, 2.75) is 63.3 Å². The van der Waals surface area contributed by atoms with E-state index in [0.29, 0.717) is 28.2 Å². The number of rotatable bonds is 2. The normalized spacial score (nSPS) is 23.7. The van der Waals surface area contributed by atoms with Gasteiger partial charge in [-0.05, 0) is 41.8 Å². The van der Waals surface area contributed by atoms with E-state index in [2.05, 4.69) is 32.9 Å². The molecule has 0 unspecified atom stereocenters. The Morgan fingerprint density at radius 1 is 1.27 bits per heavy atom. The summed E-state index contributed by atoms with van der Waals surface area (Å²) in [5, 5.41) is 4.31. The van der Waals surface area contributed by atoms with Crippen molar-refractivity contribution in [3.63, 3.8) is 0 Å². The van der Waals surface area contributed by atoms with Crippen LogP contribution in [0, 0.1) is 0 Å². The van der Waals surface area contributed by atoms with E-state index in [1.54, 1.807) is 16.6 Å². The smallest absolute Gasteiger partial charge is 0.272 e. The highest BCUT2D eigenvalue weighted by Gasteiger charge is 2.47. The van der Waals surface area contributed by atoms with Crippen LogP contribution in [0.15, 0.2) is 16.7 Å². The maximum absolute atomic E-state index is 13.4. The lowest BCUT2D eigenvalue weighted by atomic mass is 9.79. The highest BCUT2D eigenvalue weighted by molar-refractivity contribution is 9.10. The lowest BCUT2D eigenvalue weighted by molar-refractivity contribution is -0.0880. The predicted octanol–water partition coefficient (Wildman–Crippen LogP) is 4.41. The fourth-order valence-corrected chi connectivity index (χ4v) is 4.33. The molecule has 1 atom stereocenters. The van der Waals surface area contributed by atoms with Crippen LogP contribution in [0.4, 0.5) is 8.78 Å². The van der Waals surface area contributed by atoms with E-state index >= 15 is 0 Å². The quantitative estimate of drug-likeness (QED) is 0.714. The van der Waals surface area contributed by atoms with Crippen molar-refractivity contribution in [2.75, 3.05) is 6.54 Å². The van der Waals surface area contributed by atoms with Crippen LogP contribution in [0.3, 0.4) is 0 Å². The summed E-state index contributed by atoms with van der Waals surface area (Å²) in [5.41, 5.74) is 1.47. The van der Waals surface area contributed by atoms with Crippen molar-refractivity contribution in [3.05, 3.63) is 28.1 Å². The molecule has 5 nitrogen and oxygen atoms in total. The molecule has 1 aliphatic carbocycles. The van der Waals surface area contributed by atoms with Crippen molar-refractivity contribution < 1.29 is 13.6 Å². The van der Waals surface area contributed by atoms with Crippen molar-refractivity contribution in [3.8, 4) is 0 Å². The van der Waals surface area contributed by atoms with Gasteiger partial charge in [0.2, 0.25) is 5.92 Å². The molecule has 26 heavy (non-hydrogen) atoms. The molecule has 1 saturated carbocycles. The third kappa shape index (κ3) is 3.23. The van der Waals surface area contributed by atoms with Gasteiger partial charge in [-0.2, -0.15) is 5.10 Å². The molecule has 2 aromatic heterocycles. The van der Waals surface area contributed by atoms with E-state index in [1.165, 1.54) is 0 Å². The molecular formula is C18H21BrF2N4O. The summed E-state index contributed by atoms with van der Waals surface area (Å²) in [7, 11) is 0. The second-order valence-electron chi connectivity index (χ2n) is 7.46. The number of hydrogen-bond acceptors (Lipinski definition) is 3. The first kappa shape index (κ1) is 17.8. The van der Waals surface area contributed by atoms with Crippen LogP contribution in [0.2, 0.25) is 0 Å². The van der Waals surface area contributed by atoms with E-state index in [4.69, 9.17) is 0 Å². The number of carbonyl (C=O) groups is 1. The molecule has 1 aliphatic heterocycles. The van der Waals surface area contributed by atoms with Gasteiger partial charge in [0.25, 0.3) is 5.91 Å². The minimum atomic E-state index is -2.63. The third-order valence-electron chi connectivity index (χ3n) is 5.47. The maximum Gasteiger partial charge on any atom is 0.272 e. The average molecular weight is 427 g/mol. The van der Waals surface area contributed by atoms with Gasteiger partial charge in [0.05, 0.1) is 5.69 Å². The molecule has 0 N–H and O–H groups in total. The van der Waals surface area contributed by atoms with Gasteiger partial charge in [-0.25, -0.2) is 18.3 Å². The van der Waals surface area contributed by atoms with Crippen LogP contribution in [0.5, 0.6) is 0 Å². The van der Waals surface area contributed by atoms with Crippen LogP contribution in [0.1, 0.15) is 67.5 Å². The molecule has 2 aromatic rings. The Hall–Kier alpha value is -1.57. The first-order chi connectivity index (χ1) is 12.3. The topological polar surface area (TPSA) is 50.5 Å². The Balaban J connectivity index is 1.72. The summed E-state index contributed by atoms with van der Waals surface area (Å²) >= 11 is 3.31. The summed E-state index contributed by atoms with van der Waals surface area (Å²) in [6.45, 7) is 2.78. The number of hydrogen-bond donors (Lipinski definition) is 0. The van der Waals surface area contributed by atoms with E-state index in [0.717, 1.165) is 25.7 Å². The van der Waals surface area contributed by atoms with Crippen LogP contribution < -0.4 is 0 Å². The van der Waals surface area contributed by atoms with Gasteiger partial charge in [-0.3, -0.25) is 4.79 Å². The number of fused-ring (bicyclic) bond motifs is 1.